The molecule has 0 spiro atoms. The third kappa shape index (κ3) is 8.03. The van der Waals surface area contributed by atoms with Crippen molar-refractivity contribution in [1.29, 1.82) is 0 Å². The summed E-state index contributed by atoms with van der Waals surface area (Å²) in [5.74, 6) is 0.0663. The molecule has 0 unspecified atom stereocenters. The van der Waals surface area contributed by atoms with Crippen LogP contribution in [0.3, 0.4) is 0 Å². The normalized spacial score (nSPS) is 12.0. The number of para-hydroxylation sites is 1. The summed E-state index contributed by atoms with van der Waals surface area (Å²) in [5.41, 5.74) is 2.21. The lowest BCUT2D eigenvalue weighted by Crippen LogP contribution is -2.52. The maximum atomic E-state index is 14.1. The number of ether oxygens (including phenoxy) is 2. The van der Waals surface area contributed by atoms with Gasteiger partial charge in [-0.1, -0.05) is 68.8 Å². The van der Waals surface area contributed by atoms with Crippen molar-refractivity contribution in [2.75, 3.05) is 31.6 Å². The number of hydrogen-bond donors (Lipinski definition) is 1. The minimum Gasteiger partial charge on any atom is -0.493 e. The molecule has 0 saturated heterocycles. The summed E-state index contributed by atoms with van der Waals surface area (Å²) in [6, 6.07) is 19.6. The molecule has 10 heteroatoms. The summed E-state index contributed by atoms with van der Waals surface area (Å²) < 4.78 is 39.8. The second-order valence-electron chi connectivity index (χ2n) is 10.4. The van der Waals surface area contributed by atoms with Crippen molar-refractivity contribution in [2.45, 2.75) is 51.6 Å². The molecule has 0 aliphatic heterocycles. The number of carbonyl (C=O) groups excluding carboxylic acids is 2. The molecule has 0 bridgehead atoms. The second kappa shape index (κ2) is 14.7. The van der Waals surface area contributed by atoms with Gasteiger partial charge in [0.2, 0.25) is 11.8 Å². The molecule has 1 atom stereocenters. The molecule has 1 N–H and O–H groups in total. The van der Waals surface area contributed by atoms with Gasteiger partial charge in [0.15, 0.2) is 11.5 Å². The molecule has 3 rings (SSSR count). The number of benzene rings is 3. The molecule has 9 nitrogen and oxygen atoms in total. The highest BCUT2D eigenvalue weighted by Crippen LogP contribution is 2.32. The fraction of sp³-hybridized carbons (Fsp3) is 0.375. The Morgan fingerprint density at radius 2 is 1.55 bits per heavy atom. The first-order chi connectivity index (χ1) is 20.0. The Bertz CT molecular complexity index is 1440. The maximum Gasteiger partial charge on any atom is 0.264 e. The van der Waals surface area contributed by atoms with Crippen molar-refractivity contribution in [2.24, 2.45) is 5.92 Å². The summed E-state index contributed by atoms with van der Waals surface area (Å²) in [4.78, 5) is 28.9. The first-order valence-corrected chi connectivity index (χ1v) is 15.4. The lowest BCUT2D eigenvalue weighted by Gasteiger charge is -2.33. The molecule has 3 aromatic rings. The van der Waals surface area contributed by atoms with Crippen LogP contribution >= 0.6 is 0 Å². The number of methoxy groups -OCH3 is 2. The first-order valence-electron chi connectivity index (χ1n) is 13.9. The zero-order valence-corrected chi connectivity index (χ0v) is 26.0. The molecule has 2 amide bonds. The molecule has 226 valence electrons. The van der Waals surface area contributed by atoms with Crippen LogP contribution in [0.5, 0.6) is 11.5 Å². The van der Waals surface area contributed by atoms with Crippen LogP contribution in [0, 0.1) is 12.8 Å². The van der Waals surface area contributed by atoms with Gasteiger partial charge in [0.05, 0.1) is 24.8 Å². The summed E-state index contributed by atoms with van der Waals surface area (Å²) in [6.45, 7) is 7.89. The number of aryl methyl sites for hydroxylation is 1. The van der Waals surface area contributed by atoms with Crippen molar-refractivity contribution >= 4 is 27.5 Å². The number of anilines is 1. The fourth-order valence-electron chi connectivity index (χ4n) is 4.46. The number of hydrogen-bond acceptors (Lipinski definition) is 6. The fourth-order valence-corrected chi connectivity index (χ4v) is 5.89. The van der Waals surface area contributed by atoms with Crippen LogP contribution in [0.15, 0.2) is 77.7 Å². The van der Waals surface area contributed by atoms with Crippen molar-refractivity contribution in [3.05, 3.63) is 83.9 Å². The number of rotatable bonds is 14. The molecular weight excluding hydrogens is 554 g/mol. The minimum atomic E-state index is -4.24. The van der Waals surface area contributed by atoms with E-state index in [1.807, 2.05) is 52.0 Å². The Labute approximate surface area is 249 Å². The third-order valence-electron chi connectivity index (χ3n) is 6.81. The molecule has 0 aliphatic carbocycles. The van der Waals surface area contributed by atoms with E-state index in [-0.39, 0.29) is 29.0 Å². The van der Waals surface area contributed by atoms with Gasteiger partial charge in [0.25, 0.3) is 10.0 Å². The summed E-state index contributed by atoms with van der Waals surface area (Å²) in [7, 11) is -1.36. The Hall–Kier alpha value is -4.05. The first kappa shape index (κ1) is 32.5. The lowest BCUT2D eigenvalue weighted by molar-refractivity contribution is -0.140. The van der Waals surface area contributed by atoms with E-state index in [2.05, 4.69) is 5.32 Å². The van der Waals surface area contributed by atoms with Crippen LogP contribution in [0.1, 0.15) is 38.3 Å². The van der Waals surface area contributed by atoms with Gasteiger partial charge < -0.3 is 19.7 Å². The Morgan fingerprint density at radius 1 is 0.905 bits per heavy atom. The van der Waals surface area contributed by atoms with E-state index < -0.39 is 28.5 Å². The standard InChI is InChI=1S/C32H41N3O6S/c1-7-28(32(37)33-20-23(2)3)34(21-25-15-13-24(4)14-16-25)31(36)22-35(26-11-9-8-10-12-26)42(38,39)27-17-18-29(40-5)30(19-27)41-6/h8-19,23,28H,7,20-22H2,1-6H3,(H,33,37)/t28-/m1/s1. The highest BCUT2D eigenvalue weighted by Gasteiger charge is 2.34. The molecule has 42 heavy (non-hydrogen) atoms. The Balaban J connectivity index is 2.05. The monoisotopic (exact) mass is 595 g/mol. The topological polar surface area (TPSA) is 105 Å². The highest BCUT2D eigenvalue weighted by molar-refractivity contribution is 7.92. The van der Waals surface area contributed by atoms with E-state index >= 15 is 0 Å². The molecule has 0 aliphatic rings. The van der Waals surface area contributed by atoms with Crippen molar-refractivity contribution in [3.63, 3.8) is 0 Å². The quantitative estimate of drug-likeness (QED) is 0.288. The van der Waals surface area contributed by atoms with Crippen molar-refractivity contribution in [3.8, 4) is 11.5 Å². The van der Waals surface area contributed by atoms with E-state index in [4.69, 9.17) is 9.47 Å². The zero-order chi connectivity index (χ0) is 30.9. The summed E-state index contributed by atoms with van der Waals surface area (Å²) >= 11 is 0. The number of sulfonamides is 1. The smallest absolute Gasteiger partial charge is 0.264 e. The van der Waals surface area contributed by atoms with Gasteiger partial charge in [-0.15, -0.1) is 0 Å². The second-order valence-corrected chi connectivity index (χ2v) is 12.3. The third-order valence-corrected chi connectivity index (χ3v) is 8.58. The van der Waals surface area contributed by atoms with Crippen LogP contribution in [-0.4, -0.2) is 58.5 Å². The van der Waals surface area contributed by atoms with Gasteiger partial charge in [-0.3, -0.25) is 13.9 Å². The SMILES string of the molecule is CC[C@H](C(=O)NCC(C)C)N(Cc1ccc(C)cc1)C(=O)CN(c1ccccc1)S(=O)(=O)c1ccc(OC)c(OC)c1. The maximum absolute atomic E-state index is 14.1. The van der Waals surface area contributed by atoms with Gasteiger partial charge in [-0.05, 0) is 49.1 Å². The number of nitrogens with zero attached hydrogens (tertiary/aromatic N) is 2. The van der Waals surface area contributed by atoms with Gasteiger partial charge in [0, 0.05) is 19.2 Å². The number of nitrogens with one attached hydrogen (secondary N) is 1. The van der Waals surface area contributed by atoms with E-state index in [0.29, 0.717) is 24.4 Å². The predicted octanol–water partition coefficient (Wildman–Crippen LogP) is 4.79. The average molecular weight is 596 g/mol. The van der Waals surface area contributed by atoms with E-state index in [9.17, 15) is 18.0 Å². The Kier molecular flexibility index (Phi) is 11.4. The molecular formula is C32H41N3O6S. The zero-order valence-electron chi connectivity index (χ0n) is 25.2. The molecule has 0 fully saturated rings. The predicted molar refractivity (Wildman–Crippen MR) is 164 cm³/mol. The summed E-state index contributed by atoms with van der Waals surface area (Å²) in [5, 5.41) is 2.94. The largest absolute Gasteiger partial charge is 0.493 e. The van der Waals surface area contributed by atoms with E-state index in [1.165, 1.54) is 37.3 Å². The van der Waals surface area contributed by atoms with Gasteiger partial charge in [-0.2, -0.15) is 0 Å². The van der Waals surface area contributed by atoms with Crippen LogP contribution in [0.25, 0.3) is 0 Å². The van der Waals surface area contributed by atoms with Gasteiger partial charge in [-0.25, -0.2) is 8.42 Å². The van der Waals surface area contributed by atoms with Crippen LogP contribution in [-0.2, 0) is 26.2 Å². The number of carbonyl (C=O) groups is 2. The van der Waals surface area contributed by atoms with E-state index in [0.717, 1.165) is 15.4 Å². The van der Waals surface area contributed by atoms with Gasteiger partial charge in [0.1, 0.15) is 12.6 Å². The molecule has 0 heterocycles. The van der Waals surface area contributed by atoms with Crippen molar-refractivity contribution < 1.29 is 27.5 Å². The highest BCUT2D eigenvalue weighted by atomic mass is 32.2. The van der Waals surface area contributed by atoms with Crippen LogP contribution in [0.2, 0.25) is 0 Å². The lowest BCUT2D eigenvalue weighted by atomic mass is 10.1. The van der Waals surface area contributed by atoms with Crippen molar-refractivity contribution in [1.82, 2.24) is 10.2 Å². The summed E-state index contributed by atoms with van der Waals surface area (Å²) in [6.07, 6.45) is 0.356. The van der Waals surface area contributed by atoms with Crippen LogP contribution < -0.4 is 19.1 Å². The van der Waals surface area contributed by atoms with Crippen LogP contribution in [0.4, 0.5) is 5.69 Å². The molecule has 0 radical (unpaired) electrons. The minimum absolute atomic E-state index is 0.0661. The van der Waals surface area contributed by atoms with E-state index in [1.54, 1.807) is 30.3 Å². The number of amides is 2. The molecule has 3 aromatic carbocycles. The molecule has 0 saturated carbocycles. The molecule has 0 aromatic heterocycles. The average Bonchev–Trinajstić information content (AvgIpc) is 2.99. The van der Waals surface area contributed by atoms with Gasteiger partial charge >= 0.3 is 0 Å². The Morgan fingerprint density at radius 3 is 2.12 bits per heavy atom.